The van der Waals surface area contributed by atoms with Crippen LogP contribution in [0.1, 0.15) is 10.4 Å². The van der Waals surface area contributed by atoms with Crippen molar-refractivity contribution in [3.63, 3.8) is 0 Å². The van der Waals surface area contributed by atoms with Gasteiger partial charge in [0.1, 0.15) is 11.1 Å². The highest BCUT2D eigenvalue weighted by molar-refractivity contribution is 7.22. The van der Waals surface area contributed by atoms with Crippen molar-refractivity contribution in [3.8, 4) is 0 Å². The van der Waals surface area contributed by atoms with E-state index in [1.165, 1.54) is 34.4 Å². The van der Waals surface area contributed by atoms with Gasteiger partial charge in [-0.2, -0.15) is 0 Å². The molecule has 0 saturated carbocycles. The van der Waals surface area contributed by atoms with Gasteiger partial charge < -0.3 is 4.90 Å². The lowest BCUT2D eigenvalue weighted by Gasteiger charge is -2.22. The second-order valence-electron chi connectivity index (χ2n) is 6.26. The van der Waals surface area contributed by atoms with Gasteiger partial charge in [0.25, 0.3) is 11.6 Å². The molecule has 0 bridgehead atoms. The second-order valence-corrected chi connectivity index (χ2v) is 8.11. The number of fused-ring (bicyclic) bond motifs is 1. The average molecular weight is 476 g/mol. The summed E-state index contributed by atoms with van der Waals surface area (Å²) in [5.41, 5.74) is 0.206. The van der Waals surface area contributed by atoms with Gasteiger partial charge in [0.15, 0.2) is 5.13 Å². The van der Waals surface area contributed by atoms with Gasteiger partial charge >= 0.3 is 0 Å². The minimum absolute atomic E-state index is 0. The van der Waals surface area contributed by atoms with Gasteiger partial charge in [-0.3, -0.25) is 19.8 Å². The molecule has 1 heterocycles. The molecule has 0 fully saturated rings. The SMILES string of the molecule is CN(C)CCN(C(=O)c1cc(Cl)ccc1[N+](=O)[O-])c1nc2c(Cl)cccc2s1.Cl. The van der Waals surface area contributed by atoms with Crippen LogP contribution in [0.5, 0.6) is 0 Å². The summed E-state index contributed by atoms with van der Waals surface area (Å²) in [6, 6.07) is 9.32. The van der Waals surface area contributed by atoms with E-state index in [1.54, 1.807) is 12.1 Å². The third kappa shape index (κ3) is 5.15. The topological polar surface area (TPSA) is 79.6 Å². The fourth-order valence-corrected chi connectivity index (χ4v) is 4.05. The molecule has 3 aromatic rings. The first kappa shape index (κ1) is 23.3. The van der Waals surface area contributed by atoms with Crippen LogP contribution in [-0.2, 0) is 0 Å². The monoisotopic (exact) mass is 474 g/mol. The molecule has 0 atom stereocenters. The molecule has 1 amide bonds. The third-order valence-corrected chi connectivity index (χ3v) is 5.57. The Kier molecular flexibility index (Phi) is 7.79. The molecule has 0 radical (unpaired) electrons. The molecular formula is C18H17Cl3N4O3S. The highest BCUT2D eigenvalue weighted by atomic mass is 35.5. The first-order chi connectivity index (χ1) is 13.3. The minimum Gasteiger partial charge on any atom is -0.308 e. The van der Waals surface area contributed by atoms with Crippen molar-refractivity contribution >= 4 is 73.9 Å². The predicted octanol–water partition coefficient (Wildman–Crippen LogP) is 5.14. The molecule has 1 aromatic heterocycles. The number of nitrogens with zero attached hydrogens (tertiary/aromatic N) is 4. The van der Waals surface area contributed by atoms with Crippen LogP contribution in [0.3, 0.4) is 0 Å². The molecule has 0 saturated heterocycles. The molecule has 0 aliphatic heterocycles. The Hall–Kier alpha value is -1.97. The fourth-order valence-electron chi connectivity index (χ4n) is 2.59. The molecule has 29 heavy (non-hydrogen) atoms. The van der Waals surface area contributed by atoms with Gasteiger partial charge in [0, 0.05) is 24.2 Å². The summed E-state index contributed by atoms with van der Waals surface area (Å²) in [5, 5.41) is 12.5. The Morgan fingerprint density at radius 1 is 1.21 bits per heavy atom. The Morgan fingerprint density at radius 2 is 1.93 bits per heavy atom. The van der Waals surface area contributed by atoms with E-state index >= 15 is 0 Å². The van der Waals surface area contributed by atoms with Crippen molar-refractivity contribution in [2.45, 2.75) is 0 Å². The third-order valence-electron chi connectivity index (χ3n) is 3.99. The molecule has 0 unspecified atom stereocenters. The zero-order chi connectivity index (χ0) is 20.4. The summed E-state index contributed by atoms with van der Waals surface area (Å²) in [5.74, 6) is -0.536. The number of carbonyl (C=O) groups excluding carboxylic acids is 1. The number of hydrogen-bond acceptors (Lipinski definition) is 6. The number of benzene rings is 2. The molecular weight excluding hydrogens is 459 g/mol. The Balaban J connectivity index is 0.00000300. The number of carbonyl (C=O) groups is 1. The normalized spacial score (nSPS) is 10.8. The van der Waals surface area contributed by atoms with Crippen LogP contribution in [0.25, 0.3) is 10.2 Å². The second kappa shape index (κ2) is 9.69. The van der Waals surface area contributed by atoms with Crippen molar-refractivity contribution in [3.05, 3.63) is 62.1 Å². The number of halogens is 3. The number of rotatable bonds is 6. The van der Waals surface area contributed by atoms with Crippen LogP contribution in [0.2, 0.25) is 10.0 Å². The highest BCUT2D eigenvalue weighted by Gasteiger charge is 2.28. The van der Waals surface area contributed by atoms with Crippen LogP contribution < -0.4 is 4.90 Å². The summed E-state index contributed by atoms with van der Waals surface area (Å²) < 4.78 is 0.825. The number of anilines is 1. The molecule has 7 nitrogen and oxygen atoms in total. The summed E-state index contributed by atoms with van der Waals surface area (Å²) in [7, 11) is 3.75. The summed E-state index contributed by atoms with van der Waals surface area (Å²) in [4.78, 5) is 31.9. The molecule has 0 N–H and O–H groups in total. The summed E-state index contributed by atoms with van der Waals surface area (Å²) >= 11 is 13.5. The quantitative estimate of drug-likeness (QED) is 0.364. The van der Waals surface area contributed by atoms with Crippen LogP contribution >= 0.6 is 46.9 Å². The number of nitro benzene ring substituents is 1. The van der Waals surface area contributed by atoms with Crippen molar-refractivity contribution in [2.24, 2.45) is 0 Å². The fraction of sp³-hybridized carbons (Fsp3) is 0.222. The number of nitro groups is 1. The smallest absolute Gasteiger partial charge is 0.282 e. The van der Waals surface area contributed by atoms with Gasteiger partial charge in [-0.15, -0.1) is 12.4 Å². The molecule has 3 rings (SSSR count). The van der Waals surface area contributed by atoms with E-state index in [-0.39, 0.29) is 28.7 Å². The maximum Gasteiger partial charge on any atom is 0.282 e. The average Bonchev–Trinajstić information content (AvgIpc) is 3.06. The van der Waals surface area contributed by atoms with E-state index in [9.17, 15) is 14.9 Å². The number of aromatic nitrogens is 1. The number of hydrogen-bond donors (Lipinski definition) is 0. The minimum atomic E-state index is -0.594. The predicted molar refractivity (Wildman–Crippen MR) is 120 cm³/mol. The Morgan fingerprint density at radius 3 is 2.55 bits per heavy atom. The lowest BCUT2D eigenvalue weighted by Crippen LogP contribution is -2.37. The largest absolute Gasteiger partial charge is 0.308 e. The first-order valence-electron chi connectivity index (χ1n) is 8.23. The molecule has 2 aromatic carbocycles. The van der Waals surface area contributed by atoms with Gasteiger partial charge in [-0.05, 0) is 38.4 Å². The Labute approximate surface area is 187 Å². The standard InChI is InChI=1S/C18H16Cl2N4O3S.ClH/c1-22(2)8-9-23(18-21-16-13(20)4-3-5-15(16)28-18)17(25)12-10-11(19)6-7-14(12)24(26)27;/h3-7,10H,8-9H2,1-2H3;1H. The molecule has 0 aliphatic carbocycles. The van der Waals surface area contributed by atoms with Crippen LogP contribution in [0.15, 0.2) is 36.4 Å². The van der Waals surface area contributed by atoms with Gasteiger partial charge in [0.05, 0.1) is 14.6 Å². The highest BCUT2D eigenvalue weighted by Crippen LogP contribution is 2.34. The van der Waals surface area contributed by atoms with Crippen molar-refractivity contribution in [1.29, 1.82) is 0 Å². The summed E-state index contributed by atoms with van der Waals surface area (Å²) in [6.07, 6.45) is 0. The van der Waals surface area contributed by atoms with Crippen LogP contribution in [0, 0.1) is 10.1 Å². The molecule has 11 heteroatoms. The lowest BCUT2D eigenvalue weighted by atomic mass is 10.1. The van der Waals surface area contributed by atoms with Crippen molar-refractivity contribution in [1.82, 2.24) is 9.88 Å². The maximum atomic E-state index is 13.3. The van der Waals surface area contributed by atoms with E-state index in [1.807, 2.05) is 25.1 Å². The molecule has 0 spiro atoms. The van der Waals surface area contributed by atoms with Crippen LogP contribution in [-0.4, -0.2) is 47.9 Å². The lowest BCUT2D eigenvalue weighted by molar-refractivity contribution is -0.385. The number of para-hydroxylation sites is 1. The van der Waals surface area contributed by atoms with E-state index in [2.05, 4.69) is 4.98 Å². The number of thiazole rings is 1. The summed E-state index contributed by atoms with van der Waals surface area (Å²) in [6.45, 7) is 0.844. The van der Waals surface area contributed by atoms with Gasteiger partial charge in [-0.25, -0.2) is 4.98 Å². The van der Waals surface area contributed by atoms with E-state index < -0.39 is 10.8 Å². The first-order valence-corrected chi connectivity index (χ1v) is 9.80. The van der Waals surface area contributed by atoms with Crippen molar-refractivity contribution < 1.29 is 9.72 Å². The van der Waals surface area contributed by atoms with E-state index in [0.29, 0.717) is 28.8 Å². The number of amides is 1. The van der Waals surface area contributed by atoms with Gasteiger partial charge in [0.2, 0.25) is 0 Å². The van der Waals surface area contributed by atoms with Crippen molar-refractivity contribution in [2.75, 3.05) is 32.1 Å². The maximum absolute atomic E-state index is 13.3. The molecule has 154 valence electrons. The molecule has 0 aliphatic rings. The zero-order valence-electron chi connectivity index (χ0n) is 15.5. The number of likely N-dealkylation sites (N-methyl/N-ethyl adjacent to an activating group) is 1. The van der Waals surface area contributed by atoms with Crippen LogP contribution in [0.4, 0.5) is 10.8 Å². The Bertz CT molecular complexity index is 1060. The van der Waals surface area contributed by atoms with E-state index in [4.69, 9.17) is 23.2 Å². The van der Waals surface area contributed by atoms with Gasteiger partial charge in [-0.1, -0.05) is 40.6 Å². The zero-order valence-corrected chi connectivity index (χ0v) is 18.6. The van der Waals surface area contributed by atoms with E-state index in [0.717, 1.165) is 4.70 Å².